The highest BCUT2D eigenvalue weighted by molar-refractivity contribution is 6.29. The van der Waals surface area contributed by atoms with Gasteiger partial charge < -0.3 is 5.73 Å². The van der Waals surface area contributed by atoms with Crippen LogP contribution < -0.4 is 11.1 Å². The summed E-state index contributed by atoms with van der Waals surface area (Å²) < 4.78 is 0. The highest BCUT2D eigenvalue weighted by Crippen LogP contribution is 2.10. The average molecular weight is 243 g/mol. The second-order valence-electron chi connectivity index (χ2n) is 3.72. The molecule has 1 aromatic rings. The second kappa shape index (κ2) is 5.77. The highest BCUT2D eigenvalue weighted by Gasteiger charge is 2.07. The van der Waals surface area contributed by atoms with E-state index in [1.807, 2.05) is 6.92 Å². The number of hydrogen-bond donors (Lipinski definition) is 2. The fourth-order valence-electron chi connectivity index (χ4n) is 1.13. The normalized spacial score (nSPS) is 12.2. The lowest BCUT2D eigenvalue weighted by Gasteiger charge is -2.06. The molecule has 0 aliphatic rings. The van der Waals surface area contributed by atoms with Gasteiger partial charge in [0.15, 0.2) is 0 Å². The molecule has 0 saturated carbocycles. The molecular weight excluding hydrogens is 228 g/mol. The van der Waals surface area contributed by atoms with E-state index in [0.29, 0.717) is 23.7 Å². The lowest BCUT2D eigenvalue weighted by atomic mass is 10.2. The number of halogens is 1. The number of nitrogens with one attached hydrogen (secondary N) is 1. The van der Waals surface area contributed by atoms with Crippen LogP contribution in [0.15, 0.2) is 6.07 Å². The zero-order chi connectivity index (χ0) is 12.1. The van der Waals surface area contributed by atoms with E-state index in [-0.39, 0.29) is 17.9 Å². The van der Waals surface area contributed by atoms with E-state index < -0.39 is 0 Å². The van der Waals surface area contributed by atoms with Gasteiger partial charge in [0.2, 0.25) is 11.9 Å². The molecule has 1 heterocycles. The predicted octanol–water partition coefficient (Wildman–Crippen LogP) is 1.50. The van der Waals surface area contributed by atoms with E-state index >= 15 is 0 Å². The standard InChI is InChI=1S/C10H15ClN4O/c1-6(12)3-4-9(16)15-10-13-7(2)5-8(11)14-10/h5-6H,3-4,12H2,1-2H3,(H,13,14,15,16). The molecule has 16 heavy (non-hydrogen) atoms. The van der Waals surface area contributed by atoms with Gasteiger partial charge in [-0.05, 0) is 26.3 Å². The molecule has 6 heteroatoms. The van der Waals surface area contributed by atoms with Crippen LogP contribution in [-0.2, 0) is 4.79 Å². The average Bonchev–Trinajstić information content (AvgIpc) is 2.12. The van der Waals surface area contributed by atoms with Gasteiger partial charge in [-0.1, -0.05) is 11.6 Å². The SMILES string of the molecule is Cc1cc(Cl)nc(NC(=O)CCC(C)N)n1. The Hall–Kier alpha value is -1.20. The number of rotatable bonds is 4. The molecule has 1 aromatic heterocycles. The van der Waals surface area contributed by atoms with Gasteiger partial charge in [0, 0.05) is 18.2 Å². The Bertz CT molecular complexity index is 361. The maximum Gasteiger partial charge on any atom is 0.231 e. The number of carbonyl (C=O) groups is 1. The topological polar surface area (TPSA) is 80.9 Å². The number of hydrogen-bond acceptors (Lipinski definition) is 4. The minimum Gasteiger partial charge on any atom is -0.328 e. The molecule has 0 fully saturated rings. The lowest BCUT2D eigenvalue weighted by Crippen LogP contribution is -2.20. The van der Waals surface area contributed by atoms with Crippen molar-refractivity contribution in [2.75, 3.05) is 5.32 Å². The number of nitrogens with two attached hydrogens (primary N) is 1. The molecule has 5 nitrogen and oxygen atoms in total. The summed E-state index contributed by atoms with van der Waals surface area (Å²) in [5, 5.41) is 2.89. The fraction of sp³-hybridized carbons (Fsp3) is 0.500. The van der Waals surface area contributed by atoms with Gasteiger partial charge in [-0.2, -0.15) is 0 Å². The summed E-state index contributed by atoms with van der Waals surface area (Å²) in [7, 11) is 0. The summed E-state index contributed by atoms with van der Waals surface area (Å²) in [6.45, 7) is 3.64. The van der Waals surface area contributed by atoms with Crippen LogP contribution in [0, 0.1) is 6.92 Å². The first kappa shape index (κ1) is 12.9. The number of aromatic nitrogens is 2. The van der Waals surface area contributed by atoms with Gasteiger partial charge in [-0.3, -0.25) is 10.1 Å². The molecule has 88 valence electrons. The first-order chi connectivity index (χ1) is 7.47. The highest BCUT2D eigenvalue weighted by atomic mass is 35.5. The van der Waals surface area contributed by atoms with Crippen LogP contribution in [0.3, 0.4) is 0 Å². The number of nitrogens with zero attached hydrogens (tertiary/aromatic N) is 2. The molecule has 0 aliphatic carbocycles. The third-order valence-corrected chi connectivity index (χ3v) is 2.09. The smallest absolute Gasteiger partial charge is 0.231 e. The van der Waals surface area contributed by atoms with Gasteiger partial charge in [0.25, 0.3) is 0 Å². The molecule has 0 aliphatic heterocycles. The predicted molar refractivity (Wildman–Crippen MR) is 63.3 cm³/mol. The van der Waals surface area contributed by atoms with Crippen LogP contribution in [-0.4, -0.2) is 21.9 Å². The summed E-state index contributed by atoms with van der Waals surface area (Å²) in [5.74, 6) is 0.0821. The van der Waals surface area contributed by atoms with Crippen LogP contribution in [0.25, 0.3) is 0 Å². The van der Waals surface area contributed by atoms with Crippen LogP contribution in [0.4, 0.5) is 5.95 Å². The van der Waals surface area contributed by atoms with E-state index in [1.54, 1.807) is 13.0 Å². The zero-order valence-corrected chi connectivity index (χ0v) is 10.1. The molecule has 1 atom stereocenters. The van der Waals surface area contributed by atoms with Crippen molar-refractivity contribution in [2.24, 2.45) is 5.73 Å². The van der Waals surface area contributed by atoms with Gasteiger partial charge in [0.1, 0.15) is 5.15 Å². The number of carbonyl (C=O) groups excluding carboxylic acids is 1. The first-order valence-electron chi connectivity index (χ1n) is 5.04. The van der Waals surface area contributed by atoms with Crippen molar-refractivity contribution in [2.45, 2.75) is 32.7 Å². The Balaban J connectivity index is 2.56. The van der Waals surface area contributed by atoms with Crippen LogP contribution in [0.2, 0.25) is 5.15 Å². The van der Waals surface area contributed by atoms with E-state index in [1.165, 1.54) is 0 Å². The Morgan fingerprint density at radius 3 is 2.88 bits per heavy atom. The van der Waals surface area contributed by atoms with Gasteiger partial charge >= 0.3 is 0 Å². The Morgan fingerprint density at radius 2 is 2.31 bits per heavy atom. The van der Waals surface area contributed by atoms with Crippen molar-refractivity contribution >= 4 is 23.5 Å². The quantitative estimate of drug-likeness (QED) is 0.784. The molecule has 0 aromatic carbocycles. The Morgan fingerprint density at radius 1 is 1.62 bits per heavy atom. The maximum atomic E-state index is 11.4. The summed E-state index contributed by atoms with van der Waals surface area (Å²) in [4.78, 5) is 19.4. The van der Waals surface area contributed by atoms with Crippen molar-refractivity contribution in [3.63, 3.8) is 0 Å². The van der Waals surface area contributed by atoms with Crippen LogP contribution in [0.5, 0.6) is 0 Å². The van der Waals surface area contributed by atoms with Crippen molar-refractivity contribution in [1.29, 1.82) is 0 Å². The molecule has 1 amide bonds. The van der Waals surface area contributed by atoms with E-state index in [4.69, 9.17) is 17.3 Å². The summed E-state index contributed by atoms with van der Waals surface area (Å²) >= 11 is 5.74. The minimum absolute atomic E-state index is 0.00719. The van der Waals surface area contributed by atoms with Crippen molar-refractivity contribution in [1.82, 2.24) is 9.97 Å². The summed E-state index contributed by atoms with van der Waals surface area (Å²) in [6.07, 6.45) is 0.984. The maximum absolute atomic E-state index is 11.4. The lowest BCUT2D eigenvalue weighted by molar-refractivity contribution is -0.116. The van der Waals surface area contributed by atoms with Crippen LogP contribution >= 0.6 is 11.6 Å². The van der Waals surface area contributed by atoms with Crippen molar-refractivity contribution in [3.05, 3.63) is 16.9 Å². The van der Waals surface area contributed by atoms with E-state index in [9.17, 15) is 4.79 Å². The van der Waals surface area contributed by atoms with Crippen LogP contribution in [0.1, 0.15) is 25.5 Å². The molecule has 0 radical (unpaired) electrons. The molecule has 1 rings (SSSR count). The molecule has 0 bridgehead atoms. The third-order valence-electron chi connectivity index (χ3n) is 1.90. The summed E-state index contributed by atoms with van der Waals surface area (Å²) in [5.41, 5.74) is 6.26. The van der Waals surface area contributed by atoms with Gasteiger partial charge in [-0.25, -0.2) is 9.97 Å². The molecule has 0 saturated heterocycles. The largest absolute Gasteiger partial charge is 0.328 e. The van der Waals surface area contributed by atoms with E-state index in [0.717, 1.165) is 0 Å². The molecule has 1 unspecified atom stereocenters. The van der Waals surface area contributed by atoms with Gasteiger partial charge in [-0.15, -0.1) is 0 Å². The monoisotopic (exact) mass is 242 g/mol. The Labute approximate surface area is 99.4 Å². The fourth-order valence-corrected chi connectivity index (χ4v) is 1.37. The minimum atomic E-state index is -0.154. The number of aryl methyl sites for hydroxylation is 1. The second-order valence-corrected chi connectivity index (χ2v) is 4.11. The van der Waals surface area contributed by atoms with E-state index in [2.05, 4.69) is 15.3 Å². The molecular formula is C10H15ClN4O. The number of anilines is 1. The number of amides is 1. The Kier molecular flexibility index (Phi) is 4.64. The zero-order valence-electron chi connectivity index (χ0n) is 9.33. The summed E-state index contributed by atoms with van der Waals surface area (Å²) in [6, 6.07) is 1.63. The third kappa shape index (κ3) is 4.55. The van der Waals surface area contributed by atoms with Crippen molar-refractivity contribution in [3.8, 4) is 0 Å². The van der Waals surface area contributed by atoms with Crippen molar-refractivity contribution < 1.29 is 4.79 Å². The first-order valence-corrected chi connectivity index (χ1v) is 5.42. The van der Waals surface area contributed by atoms with Gasteiger partial charge in [0.05, 0.1) is 0 Å². The molecule has 0 spiro atoms. The molecule has 3 N–H and O–H groups in total.